The summed E-state index contributed by atoms with van der Waals surface area (Å²) in [4.78, 5) is 0. The van der Waals surface area contributed by atoms with Crippen LogP contribution in [-0.4, -0.2) is 13.2 Å². The van der Waals surface area contributed by atoms with E-state index in [9.17, 15) is 0 Å². The Morgan fingerprint density at radius 3 is 1.43 bits per heavy atom. The van der Waals surface area contributed by atoms with Gasteiger partial charge in [0.25, 0.3) is 0 Å². The molecule has 0 unspecified atom stereocenters. The molecule has 0 spiro atoms. The van der Waals surface area contributed by atoms with Gasteiger partial charge in [0, 0.05) is 11.1 Å². The Hall–Kier alpha value is -3.00. The molecule has 0 atom stereocenters. The molecular formula is C33H42O2. The molecule has 2 heteroatoms. The molecule has 3 aromatic rings. The molecule has 186 valence electrons. The first-order chi connectivity index (χ1) is 16.4. The Labute approximate surface area is 213 Å². The van der Waals surface area contributed by atoms with Gasteiger partial charge in [0.05, 0.1) is 13.2 Å². The van der Waals surface area contributed by atoms with E-state index in [-0.39, 0.29) is 6.10 Å². The molecule has 0 bridgehead atoms. The van der Waals surface area contributed by atoms with Crippen LogP contribution in [0.15, 0.2) is 30.3 Å². The zero-order valence-electron chi connectivity index (χ0n) is 23.8. The van der Waals surface area contributed by atoms with Crippen LogP contribution in [0, 0.1) is 62.3 Å². The lowest BCUT2D eigenvalue weighted by Gasteiger charge is -2.27. The molecule has 35 heavy (non-hydrogen) atoms. The molecule has 3 aromatic carbocycles. The lowest BCUT2D eigenvalue weighted by atomic mass is 9.82. The molecule has 0 heterocycles. The number of hydrogen-bond donors (Lipinski definition) is 0. The highest BCUT2D eigenvalue weighted by molar-refractivity contribution is 6.01. The molecule has 0 aliphatic carbocycles. The third-order valence-electron chi connectivity index (χ3n) is 6.77. The normalized spacial score (nSPS) is 12.1. The van der Waals surface area contributed by atoms with Crippen LogP contribution >= 0.6 is 0 Å². The van der Waals surface area contributed by atoms with Crippen LogP contribution in [0.1, 0.15) is 80.6 Å². The maximum Gasteiger partial charge on any atom is 0.135 e. The average molecular weight is 471 g/mol. The summed E-state index contributed by atoms with van der Waals surface area (Å²) < 4.78 is 12.7. The van der Waals surface area contributed by atoms with Gasteiger partial charge in [0.1, 0.15) is 11.5 Å². The van der Waals surface area contributed by atoms with Crippen molar-refractivity contribution >= 4 is 11.3 Å². The Bertz CT molecular complexity index is 1260. The number of methoxy groups -OCH3 is 1. The summed E-state index contributed by atoms with van der Waals surface area (Å²) in [7, 11) is 1.76. The smallest absolute Gasteiger partial charge is 0.135 e. The fraction of sp³-hybridized carbons (Fsp3) is 0.394. The molecule has 3 rings (SSSR count). The third kappa shape index (κ3) is 5.17. The minimum Gasteiger partial charge on any atom is -0.496 e. The van der Waals surface area contributed by atoms with Crippen molar-refractivity contribution in [2.45, 2.75) is 82.3 Å². The molecule has 0 radical (unpaired) electrons. The number of aryl methyl sites for hydroxylation is 8. The first kappa shape index (κ1) is 26.6. The summed E-state index contributed by atoms with van der Waals surface area (Å²) in [5.74, 6) is 1.88. The maximum atomic E-state index is 6.80. The molecule has 0 aliphatic heterocycles. The van der Waals surface area contributed by atoms with E-state index in [2.05, 4.69) is 106 Å². The lowest BCUT2D eigenvalue weighted by molar-refractivity contribution is 0.205. The van der Waals surface area contributed by atoms with Crippen LogP contribution in [-0.2, 0) is 4.74 Å². The number of hydrogen-bond acceptors (Lipinski definition) is 2. The summed E-state index contributed by atoms with van der Waals surface area (Å²) in [5.41, 5.74) is 15.8. The largest absolute Gasteiger partial charge is 0.496 e. The van der Waals surface area contributed by atoms with Crippen LogP contribution < -0.4 is 4.74 Å². The second-order valence-electron chi connectivity index (χ2n) is 10.5. The van der Waals surface area contributed by atoms with Crippen molar-refractivity contribution in [2.75, 3.05) is 7.11 Å². The molecular weight excluding hydrogens is 428 g/mol. The summed E-state index contributed by atoms with van der Waals surface area (Å²) in [5, 5.41) is 0. The summed E-state index contributed by atoms with van der Waals surface area (Å²) in [6.45, 7) is 23.9. The maximum absolute atomic E-state index is 6.80. The quantitative estimate of drug-likeness (QED) is 0.265. The van der Waals surface area contributed by atoms with E-state index < -0.39 is 0 Å². The van der Waals surface area contributed by atoms with Crippen molar-refractivity contribution in [1.29, 1.82) is 0 Å². The second kappa shape index (κ2) is 10.3. The van der Waals surface area contributed by atoms with Crippen LogP contribution in [0.4, 0.5) is 0 Å². The first-order valence-corrected chi connectivity index (χ1v) is 12.6. The predicted molar refractivity (Wildman–Crippen MR) is 151 cm³/mol. The van der Waals surface area contributed by atoms with Gasteiger partial charge in [-0.3, -0.25) is 0 Å². The molecule has 0 N–H and O–H groups in total. The molecule has 0 aromatic heterocycles. The van der Waals surface area contributed by atoms with Crippen molar-refractivity contribution in [1.82, 2.24) is 0 Å². The van der Waals surface area contributed by atoms with Gasteiger partial charge in [0.15, 0.2) is 0 Å². The van der Waals surface area contributed by atoms with Gasteiger partial charge in [-0.2, -0.15) is 0 Å². The fourth-order valence-corrected chi connectivity index (χ4v) is 5.81. The Morgan fingerprint density at radius 1 is 0.571 bits per heavy atom. The number of benzene rings is 3. The Balaban J connectivity index is 2.66. The van der Waals surface area contributed by atoms with E-state index in [1.54, 1.807) is 7.11 Å². The van der Waals surface area contributed by atoms with Gasteiger partial charge in [-0.25, -0.2) is 0 Å². The van der Waals surface area contributed by atoms with Crippen molar-refractivity contribution < 1.29 is 9.47 Å². The molecule has 0 amide bonds. The lowest BCUT2D eigenvalue weighted by Crippen LogP contribution is -2.11. The highest BCUT2D eigenvalue weighted by Gasteiger charge is 2.26. The Kier molecular flexibility index (Phi) is 7.84. The van der Waals surface area contributed by atoms with Gasteiger partial charge in [-0.05, 0) is 126 Å². The molecule has 0 aliphatic rings. The zero-order chi connectivity index (χ0) is 26.2. The minimum atomic E-state index is 0.0270. The highest BCUT2D eigenvalue weighted by Crippen LogP contribution is 2.44. The van der Waals surface area contributed by atoms with Crippen LogP contribution in [0.2, 0.25) is 0 Å². The Morgan fingerprint density at radius 2 is 1.00 bits per heavy atom. The minimum absolute atomic E-state index is 0.0270. The SMILES string of the molecule is COc1c(C)cc(C)c(/C(=C(\OC(C)C)c2c(C)cc(C)cc2C)c2c(C)cc(C)cc2C)c1C. The molecule has 2 nitrogen and oxygen atoms in total. The zero-order valence-corrected chi connectivity index (χ0v) is 23.8. The van der Waals surface area contributed by atoms with Gasteiger partial charge < -0.3 is 9.47 Å². The van der Waals surface area contributed by atoms with Gasteiger partial charge >= 0.3 is 0 Å². The topological polar surface area (TPSA) is 18.5 Å². The van der Waals surface area contributed by atoms with Gasteiger partial charge in [-0.1, -0.05) is 41.5 Å². The van der Waals surface area contributed by atoms with E-state index >= 15 is 0 Å². The average Bonchev–Trinajstić information content (AvgIpc) is 2.70. The van der Waals surface area contributed by atoms with E-state index in [4.69, 9.17) is 9.47 Å². The summed E-state index contributed by atoms with van der Waals surface area (Å²) in [6, 6.07) is 11.3. The number of ether oxygens (including phenoxy) is 2. The predicted octanol–water partition coefficient (Wildman–Crippen LogP) is 8.81. The van der Waals surface area contributed by atoms with Crippen LogP contribution in [0.3, 0.4) is 0 Å². The van der Waals surface area contributed by atoms with E-state index in [1.165, 1.54) is 55.6 Å². The highest BCUT2D eigenvalue weighted by atomic mass is 16.5. The third-order valence-corrected chi connectivity index (χ3v) is 6.77. The van der Waals surface area contributed by atoms with E-state index in [0.717, 1.165) is 28.2 Å². The summed E-state index contributed by atoms with van der Waals surface area (Å²) >= 11 is 0. The standard InChI is InChI=1S/C33H42O2/c1-18(2)35-33(29-23(7)15-20(4)16-24(29)8)31(28-21(5)13-19(3)14-22(28)6)30-25(9)17-26(10)32(34-12)27(30)11/h13-18H,1-12H3/b33-31-. The van der Waals surface area contributed by atoms with Crippen molar-refractivity contribution in [3.05, 3.63) is 97.1 Å². The molecule has 0 saturated heterocycles. The first-order valence-electron chi connectivity index (χ1n) is 12.6. The van der Waals surface area contributed by atoms with E-state index in [1.807, 2.05) is 0 Å². The van der Waals surface area contributed by atoms with Crippen LogP contribution in [0.5, 0.6) is 5.75 Å². The van der Waals surface area contributed by atoms with Crippen molar-refractivity contribution in [2.24, 2.45) is 0 Å². The monoisotopic (exact) mass is 470 g/mol. The van der Waals surface area contributed by atoms with Crippen molar-refractivity contribution in [3.8, 4) is 5.75 Å². The second-order valence-corrected chi connectivity index (χ2v) is 10.5. The van der Waals surface area contributed by atoms with Gasteiger partial charge in [-0.15, -0.1) is 0 Å². The number of rotatable bonds is 6. The fourth-order valence-electron chi connectivity index (χ4n) is 5.81. The summed E-state index contributed by atoms with van der Waals surface area (Å²) in [6.07, 6.45) is 0.0270. The van der Waals surface area contributed by atoms with E-state index in [0.29, 0.717) is 0 Å². The molecule has 0 fully saturated rings. The van der Waals surface area contributed by atoms with Crippen LogP contribution in [0.25, 0.3) is 11.3 Å². The molecule has 0 saturated carbocycles. The van der Waals surface area contributed by atoms with Gasteiger partial charge in [0.2, 0.25) is 0 Å². The van der Waals surface area contributed by atoms with Crippen molar-refractivity contribution in [3.63, 3.8) is 0 Å².